The first-order chi connectivity index (χ1) is 9.56. The van der Waals surface area contributed by atoms with E-state index in [9.17, 15) is 4.79 Å². The van der Waals surface area contributed by atoms with Crippen LogP contribution in [0.2, 0.25) is 0 Å². The van der Waals surface area contributed by atoms with Gasteiger partial charge in [0, 0.05) is 43.2 Å². The summed E-state index contributed by atoms with van der Waals surface area (Å²) in [6.07, 6.45) is 0.640. The molecule has 1 heterocycles. The molecule has 0 unspecified atom stereocenters. The molecule has 1 aliphatic rings. The van der Waals surface area contributed by atoms with Crippen LogP contribution in [0.1, 0.15) is 17.5 Å². The van der Waals surface area contributed by atoms with Crippen molar-refractivity contribution in [3.63, 3.8) is 0 Å². The average Bonchev–Trinajstić information content (AvgIpc) is 2.43. The third-order valence-electron chi connectivity index (χ3n) is 3.92. The highest BCUT2D eigenvalue weighted by atomic mass is 32.2. The van der Waals surface area contributed by atoms with Crippen LogP contribution in [0.25, 0.3) is 0 Å². The van der Waals surface area contributed by atoms with Gasteiger partial charge < -0.3 is 9.80 Å². The Balaban J connectivity index is 1.75. The monoisotopic (exact) mass is 292 g/mol. The Labute approximate surface area is 126 Å². The molecule has 0 saturated carbocycles. The number of amides is 1. The second-order valence-electron chi connectivity index (χ2n) is 5.53. The minimum Gasteiger partial charge on any atom is -0.340 e. The standard InChI is InChI=1S/C16H24N2OS/c1-13-4-5-15(12-14(13)2)20-11-6-16(19)18-9-7-17(3)8-10-18/h4-5,12H,6-11H2,1-3H3. The SMILES string of the molecule is Cc1ccc(SCCC(=O)N2CCN(C)CC2)cc1C. The summed E-state index contributed by atoms with van der Waals surface area (Å²) in [6, 6.07) is 6.51. The molecule has 0 aromatic heterocycles. The molecule has 20 heavy (non-hydrogen) atoms. The third-order valence-corrected chi connectivity index (χ3v) is 4.91. The zero-order valence-corrected chi connectivity index (χ0v) is 13.5. The molecule has 4 heteroatoms. The predicted molar refractivity (Wildman–Crippen MR) is 85.3 cm³/mol. The van der Waals surface area contributed by atoms with Crippen molar-refractivity contribution in [3.8, 4) is 0 Å². The minimum atomic E-state index is 0.300. The fourth-order valence-corrected chi connectivity index (χ4v) is 3.21. The summed E-state index contributed by atoms with van der Waals surface area (Å²) in [5, 5.41) is 0. The maximum absolute atomic E-state index is 12.1. The number of nitrogens with zero attached hydrogens (tertiary/aromatic N) is 2. The molecule has 1 aromatic rings. The minimum absolute atomic E-state index is 0.300. The summed E-state index contributed by atoms with van der Waals surface area (Å²) in [7, 11) is 2.11. The van der Waals surface area contributed by atoms with Crippen LogP contribution in [0, 0.1) is 13.8 Å². The summed E-state index contributed by atoms with van der Waals surface area (Å²) in [4.78, 5) is 17.6. The zero-order chi connectivity index (χ0) is 14.5. The molecule has 1 fully saturated rings. The molecule has 0 spiro atoms. The number of piperazine rings is 1. The number of thioether (sulfide) groups is 1. The van der Waals surface area contributed by atoms with Crippen molar-refractivity contribution in [1.82, 2.24) is 9.80 Å². The Morgan fingerprint density at radius 3 is 2.50 bits per heavy atom. The second kappa shape index (κ2) is 7.14. The Hall–Kier alpha value is -1.00. The van der Waals surface area contributed by atoms with E-state index in [-0.39, 0.29) is 0 Å². The smallest absolute Gasteiger partial charge is 0.223 e. The number of aryl methyl sites for hydroxylation is 2. The molecule has 1 aliphatic heterocycles. The van der Waals surface area contributed by atoms with Gasteiger partial charge in [0.05, 0.1) is 0 Å². The largest absolute Gasteiger partial charge is 0.340 e. The Morgan fingerprint density at radius 1 is 1.15 bits per heavy atom. The van der Waals surface area contributed by atoms with Crippen LogP contribution < -0.4 is 0 Å². The van der Waals surface area contributed by atoms with Crippen LogP contribution in [-0.2, 0) is 4.79 Å². The highest BCUT2D eigenvalue weighted by molar-refractivity contribution is 7.99. The number of hydrogen-bond acceptors (Lipinski definition) is 3. The molecule has 0 atom stereocenters. The number of carbonyl (C=O) groups excluding carboxylic acids is 1. The van der Waals surface area contributed by atoms with E-state index in [2.05, 4.69) is 44.0 Å². The van der Waals surface area contributed by atoms with Gasteiger partial charge in [0.15, 0.2) is 0 Å². The van der Waals surface area contributed by atoms with E-state index < -0.39 is 0 Å². The molecule has 2 rings (SSSR count). The summed E-state index contributed by atoms with van der Waals surface area (Å²) >= 11 is 1.78. The van der Waals surface area contributed by atoms with E-state index in [0.717, 1.165) is 31.9 Å². The highest BCUT2D eigenvalue weighted by Crippen LogP contribution is 2.22. The maximum atomic E-state index is 12.1. The van der Waals surface area contributed by atoms with E-state index in [4.69, 9.17) is 0 Å². The number of carbonyl (C=O) groups is 1. The van der Waals surface area contributed by atoms with Gasteiger partial charge in [-0.25, -0.2) is 0 Å². The van der Waals surface area contributed by atoms with Crippen molar-refractivity contribution in [2.75, 3.05) is 39.0 Å². The van der Waals surface area contributed by atoms with Gasteiger partial charge >= 0.3 is 0 Å². The van der Waals surface area contributed by atoms with Crippen molar-refractivity contribution in [3.05, 3.63) is 29.3 Å². The lowest BCUT2D eigenvalue weighted by atomic mass is 10.1. The Bertz CT molecular complexity index is 468. The lowest BCUT2D eigenvalue weighted by Gasteiger charge is -2.32. The Kier molecular flexibility index (Phi) is 5.49. The lowest BCUT2D eigenvalue weighted by Crippen LogP contribution is -2.47. The summed E-state index contributed by atoms with van der Waals surface area (Å²) in [6.45, 7) is 8.01. The van der Waals surface area contributed by atoms with E-state index in [0.29, 0.717) is 12.3 Å². The van der Waals surface area contributed by atoms with Gasteiger partial charge in [0.1, 0.15) is 0 Å². The van der Waals surface area contributed by atoms with E-state index in [1.165, 1.54) is 16.0 Å². The zero-order valence-electron chi connectivity index (χ0n) is 12.7. The van der Waals surface area contributed by atoms with E-state index >= 15 is 0 Å². The number of benzene rings is 1. The summed E-state index contributed by atoms with van der Waals surface area (Å²) < 4.78 is 0. The highest BCUT2D eigenvalue weighted by Gasteiger charge is 2.18. The van der Waals surface area contributed by atoms with Crippen LogP contribution in [0.4, 0.5) is 0 Å². The van der Waals surface area contributed by atoms with Gasteiger partial charge in [-0.1, -0.05) is 6.07 Å². The molecule has 0 aliphatic carbocycles. The number of hydrogen-bond donors (Lipinski definition) is 0. The lowest BCUT2D eigenvalue weighted by molar-refractivity contribution is -0.132. The van der Waals surface area contributed by atoms with Gasteiger partial charge in [-0.15, -0.1) is 11.8 Å². The van der Waals surface area contributed by atoms with Crippen molar-refractivity contribution < 1.29 is 4.79 Å². The summed E-state index contributed by atoms with van der Waals surface area (Å²) in [5.41, 5.74) is 2.64. The third kappa shape index (κ3) is 4.25. The number of rotatable bonds is 4. The average molecular weight is 292 g/mol. The van der Waals surface area contributed by atoms with Crippen LogP contribution in [-0.4, -0.2) is 54.7 Å². The fraction of sp³-hybridized carbons (Fsp3) is 0.562. The van der Waals surface area contributed by atoms with E-state index in [1.807, 2.05) is 4.90 Å². The summed E-state index contributed by atoms with van der Waals surface area (Å²) in [5.74, 6) is 1.17. The maximum Gasteiger partial charge on any atom is 0.223 e. The first-order valence-electron chi connectivity index (χ1n) is 7.22. The fourth-order valence-electron chi connectivity index (χ4n) is 2.27. The Morgan fingerprint density at radius 2 is 1.85 bits per heavy atom. The molecule has 1 amide bonds. The first kappa shape index (κ1) is 15.4. The van der Waals surface area contributed by atoms with Crippen molar-refractivity contribution in [2.45, 2.75) is 25.2 Å². The molecule has 0 bridgehead atoms. The quantitative estimate of drug-likeness (QED) is 0.797. The van der Waals surface area contributed by atoms with Crippen LogP contribution in [0.3, 0.4) is 0 Å². The van der Waals surface area contributed by atoms with Gasteiger partial charge in [-0.2, -0.15) is 0 Å². The van der Waals surface area contributed by atoms with Crippen molar-refractivity contribution in [2.24, 2.45) is 0 Å². The van der Waals surface area contributed by atoms with Crippen molar-refractivity contribution in [1.29, 1.82) is 0 Å². The van der Waals surface area contributed by atoms with Crippen LogP contribution >= 0.6 is 11.8 Å². The first-order valence-corrected chi connectivity index (χ1v) is 8.21. The van der Waals surface area contributed by atoms with Gasteiger partial charge in [-0.3, -0.25) is 4.79 Å². The van der Waals surface area contributed by atoms with E-state index in [1.54, 1.807) is 11.8 Å². The second-order valence-corrected chi connectivity index (χ2v) is 6.70. The molecule has 1 saturated heterocycles. The normalized spacial score (nSPS) is 16.4. The molecule has 0 radical (unpaired) electrons. The topological polar surface area (TPSA) is 23.6 Å². The molecular weight excluding hydrogens is 268 g/mol. The predicted octanol–water partition coefficient (Wildman–Crippen LogP) is 2.56. The molecule has 110 valence electrons. The molecular formula is C16H24N2OS. The van der Waals surface area contributed by atoms with Crippen molar-refractivity contribution >= 4 is 17.7 Å². The van der Waals surface area contributed by atoms with Gasteiger partial charge in [0.25, 0.3) is 0 Å². The molecule has 1 aromatic carbocycles. The van der Waals surface area contributed by atoms with Crippen LogP contribution in [0.15, 0.2) is 23.1 Å². The van der Waals surface area contributed by atoms with Crippen LogP contribution in [0.5, 0.6) is 0 Å². The molecule has 0 N–H and O–H groups in total. The molecule has 3 nitrogen and oxygen atoms in total. The number of likely N-dealkylation sites (N-methyl/N-ethyl adjacent to an activating group) is 1. The van der Waals surface area contributed by atoms with Gasteiger partial charge in [0.2, 0.25) is 5.91 Å². The van der Waals surface area contributed by atoms with Gasteiger partial charge in [-0.05, 0) is 44.2 Å².